The molecule has 1 unspecified atom stereocenters. The minimum Gasteiger partial charge on any atom is -0.481 e. The van der Waals surface area contributed by atoms with Crippen molar-refractivity contribution in [1.29, 1.82) is 0 Å². The van der Waals surface area contributed by atoms with Crippen LogP contribution in [0, 0.1) is 5.92 Å². The van der Waals surface area contributed by atoms with Gasteiger partial charge < -0.3 is 9.67 Å². The van der Waals surface area contributed by atoms with Gasteiger partial charge in [0.05, 0.1) is 5.69 Å². The number of aromatic nitrogens is 2. The van der Waals surface area contributed by atoms with Crippen molar-refractivity contribution < 1.29 is 9.90 Å². The summed E-state index contributed by atoms with van der Waals surface area (Å²) >= 11 is 6.20. The second-order valence-electron chi connectivity index (χ2n) is 4.23. The molecule has 0 aliphatic carbocycles. The standard InChI is InChI=1S/C11H15ClN2O2/c1-2-8-11(12)14-6-7(5-10(15)16)3-4-9(14)13-8/h7H,2-6H2,1H3,(H,15,16). The fourth-order valence-electron chi connectivity index (χ4n) is 2.23. The van der Waals surface area contributed by atoms with Gasteiger partial charge in [0.25, 0.3) is 0 Å². The molecule has 1 atom stereocenters. The lowest BCUT2D eigenvalue weighted by molar-refractivity contribution is -0.138. The number of aryl methyl sites for hydroxylation is 2. The molecule has 0 radical (unpaired) electrons. The van der Waals surface area contributed by atoms with E-state index >= 15 is 0 Å². The molecule has 1 N–H and O–H groups in total. The highest BCUT2D eigenvalue weighted by atomic mass is 35.5. The Bertz CT molecular complexity index is 414. The molecule has 88 valence electrons. The van der Waals surface area contributed by atoms with Crippen LogP contribution in [0.1, 0.15) is 31.3 Å². The topological polar surface area (TPSA) is 55.1 Å². The van der Waals surface area contributed by atoms with E-state index in [4.69, 9.17) is 16.7 Å². The number of carbonyl (C=O) groups is 1. The van der Waals surface area contributed by atoms with E-state index in [1.54, 1.807) is 0 Å². The lowest BCUT2D eigenvalue weighted by Gasteiger charge is -2.22. The molecular formula is C11H15ClN2O2. The summed E-state index contributed by atoms with van der Waals surface area (Å²) in [6.07, 6.45) is 2.76. The first kappa shape index (κ1) is 11.5. The number of halogens is 1. The zero-order valence-electron chi connectivity index (χ0n) is 9.24. The highest BCUT2D eigenvalue weighted by Gasteiger charge is 2.24. The highest BCUT2D eigenvalue weighted by Crippen LogP contribution is 2.28. The van der Waals surface area contributed by atoms with E-state index in [2.05, 4.69) is 4.98 Å². The predicted molar refractivity (Wildman–Crippen MR) is 60.7 cm³/mol. The van der Waals surface area contributed by atoms with Gasteiger partial charge in [-0.2, -0.15) is 0 Å². The van der Waals surface area contributed by atoms with E-state index in [-0.39, 0.29) is 12.3 Å². The number of fused-ring (bicyclic) bond motifs is 1. The second-order valence-corrected chi connectivity index (χ2v) is 4.59. The van der Waals surface area contributed by atoms with Crippen molar-refractivity contribution in [2.24, 2.45) is 5.92 Å². The Morgan fingerprint density at radius 2 is 2.44 bits per heavy atom. The summed E-state index contributed by atoms with van der Waals surface area (Å²) in [5, 5.41) is 9.46. The fraction of sp³-hybridized carbons (Fsp3) is 0.636. The Balaban J connectivity index is 2.19. The van der Waals surface area contributed by atoms with E-state index < -0.39 is 5.97 Å². The van der Waals surface area contributed by atoms with Crippen molar-refractivity contribution in [3.8, 4) is 0 Å². The molecule has 16 heavy (non-hydrogen) atoms. The third-order valence-electron chi connectivity index (χ3n) is 3.07. The minimum atomic E-state index is -0.736. The number of carboxylic acids is 1. The van der Waals surface area contributed by atoms with Crippen molar-refractivity contribution in [3.63, 3.8) is 0 Å². The maximum atomic E-state index is 10.7. The SMILES string of the molecule is CCc1nc2n(c1Cl)CC(CC(=O)O)CC2. The molecule has 0 spiro atoms. The molecule has 2 heterocycles. The summed E-state index contributed by atoms with van der Waals surface area (Å²) in [6.45, 7) is 2.71. The number of nitrogens with zero attached hydrogens (tertiary/aromatic N) is 2. The average molecular weight is 243 g/mol. The number of hydrogen-bond acceptors (Lipinski definition) is 2. The third-order valence-corrected chi connectivity index (χ3v) is 3.49. The molecule has 5 heteroatoms. The number of imidazole rings is 1. The molecule has 0 saturated carbocycles. The molecular weight excluding hydrogens is 228 g/mol. The molecule has 1 aromatic heterocycles. The van der Waals surface area contributed by atoms with Crippen LogP contribution >= 0.6 is 11.6 Å². The van der Waals surface area contributed by atoms with E-state index in [1.807, 2.05) is 11.5 Å². The van der Waals surface area contributed by atoms with E-state index in [0.29, 0.717) is 11.7 Å². The van der Waals surface area contributed by atoms with Gasteiger partial charge in [0, 0.05) is 19.4 Å². The Kier molecular flexibility index (Phi) is 3.19. The normalized spacial score (nSPS) is 19.5. The number of aliphatic carboxylic acids is 1. The van der Waals surface area contributed by atoms with Crippen LogP contribution in [-0.4, -0.2) is 20.6 Å². The van der Waals surface area contributed by atoms with Crippen LogP contribution in [0.3, 0.4) is 0 Å². The van der Waals surface area contributed by atoms with Gasteiger partial charge >= 0.3 is 5.97 Å². The maximum absolute atomic E-state index is 10.7. The lowest BCUT2D eigenvalue weighted by atomic mass is 9.96. The smallest absolute Gasteiger partial charge is 0.303 e. The molecule has 0 saturated heterocycles. The monoisotopic (exact) mass is 242 g/mol. The number of rotatable bonds is 3. The Morgan fingerprint density at radius 3 is 3.06 bits per heavy atom. The van der Waals surface area contributed by atoms with E-state index in [9.17, 15) is 4.79 Å². The summed E-state index contributed by atoms with van der Waals surface area (Å²) in [5.41, 5.74) is 0.924. The van der Waals surface area contributed by atoms with Crippen LogP contribution in [0.25, 0.3) is 0 Å². The van der Waals surface area contributed by atoms with Gasteiger partial charge in [-0.25, -0.2) is 4.98 Å². The van der Waals surface area contributed by atoms with E-state index in [1.165, 1.54) is 0 Å². The summed E-state index contributed by atoms with van der Waals surface area (Å²) in [5.74, 6) is 0.449. The van der Waals surface area contributed by atoms with Crippen LogP contribution in [-0.2, 0) is 24.2 Å². The van der Waals surface area contributed by atoms with Crippen LogP contribution < -0.4 is 0 Å². The summed E-state index contributed by atoms with van der Waals surface area (Å²) < 4.78 is 1.97. The molecule has 2 rings (SSSR count). The number of carboxylic acid groups (broad SMARTS) is 1. The maximum Gasteiger partial charge on any atom is 0.303 e. The summed E-state index contributed by atoms with van der Waals surface area (Å²) in [6, 6.07) is 0. The zero-order valence-corrected chi connectivity index (χ0v) is 10.00. The summed E-state index contributed by atoms with van der Waals surface area (Å²) in [7, 11) is 0. The molecule has 1 aliphatic heterocycles. The lowest BCUT2D eigenvalue weighted by Crippen LogP contribution is -2.22. The molecule has 1 aliphatic rings. The minimum absolute atomic E-state index is 0.182. The molecule has 0 fully saturated rings. The first-order chi connectivity index (χ1) is 7.61. The van der Waals surface area contributed by atoms with Gasteiger partial charge in [-0.15, -0.1) is 0 Å². The van der Waals surface area contributed by atoms with Crippen LogP contribution in [0.15, 0.2) is 0 Å². The zero-order chi connectivity index (χ0) is 11.7. The average Bonchev–Trinajstić information content (AvgIpc) is 2.55. The van der Waals surface area contributed by atoms with Crippen molar-refractivity contribution in [3.05, 3.63) is 16.7 Å². The third kappa shape index (κ3) is 2.07. The van der Waals surface area contributed by atoms with Gasteiger partial charge in [-0.1, -0.05) is 18.5 Å². The highest BCUT2D eigenvalue weighted by molar-refractivity contribution is 6.30. The second kappa shape index (κ2) is 4.45. The Morgan fingerprint density at radius 1 is 1.69 bits per heavy atom. The molecule has 0 aromatic carbocycles. The van der Waals surface area contributed by atoms with Crippen molar-refractivity contribution in [2.45, 2.75) is 39.2 Å². The summed E-state index contributed by atoms with van der Waals surface area (Å²) in [4.78, 5) is 15.1. The van der Waals surface area contributed by atoms with Gasteiger partial charge in [0.2, 0.25) is 0 Å². The predicted octanol–water partition coefficient (Wildman–Crippen LogP) is 2.14. The van der Waals surface area contributed by atoms with Gasteiger partial charge in [-0.3, -0.25) is 4.79 Å². The quantitative estimate of drug-likeness (QED) is 0.884. The van der Waals surface area contributed by atoms with Crippen molar-refractivity contribution in [1.82, 2.24) is 9.55 Å². The van der Waals surface area contributed by atoms with Gasteiger partial charge in [0.15, 0.2) is 0 Å². The molecule has 0 bridgehead atoms. The van der Waals surface area contributed by atoms with Crippen LogP contribution in [0.4, 0.5) is 0 Å². The van der Waals surface area contributed by atoms with Crippen molar-refractivity contribution >= 4 is 17.6 Å². The molecule has 1 aromatic rings. The first-order valence-electron chi connectivity index (χ1n) is 5.57. The van der Waals surface area contributed by atoms with Crippen LogP contribution in [0.5, 0.6) is 0 Å². The Hall–Kier alpha value is -1.03. The molecule has 0 amide bonds. The van der Waals surface area contributed by atoms with Gasteiger partial charge in [-0.05, 0) is 18.8 Å². The van der Waals surface area contributed by atoms with Crippen molar-refractivity contribution in [2.75, 3.05) is 0 Å². The van der Waals surface area contributed by atoms with Gasteiger partial charge in [0.1, 0.15) is 11.0 Å². The molecule has 4 nitrogen and oxygen atoms in total. The fourth-order valence-corrected chi connectivity index (χ4v) is 2.57. The largest absolute Gasteiger partial charge is 0.481 e. The van der Waals surface area contributed by atoms with E-state index in [0.717, 1.165) is 30.8 Å². The number of hydrogen-bond donors (Lipinski definition) is 1. The first-order valence-corrected chi connectivity index (χ1v) is 5.95. The Labute approximate surface area is 99.2 Å². The van der Waals surface area contributed by atoms with Crippen LogP contribution in [0.2, 0.25) is 5.15 Å².